The highest BCUT2D eigenvalue weighted by Gasteiger charge is 2.28. The Morgan fingerprint density at radius 1 is 1.03 bits per heavy atom. The average molecular weight is 539 g/mol. The quantitative estimate of drug-likeness (QED) is 0.301. The summed E-state index contributed by atoms with van der Waals surface area (Å²) < 4.78 is 46.4. The van der Waals surface area contributed by atoms with Gasteiger partial charge in [-0.15, -0.1) is 11.3 Å². The van der Waals surface area contributed by atoms with Crippen LogP contribution in [0, 0.1) is 12.7 Å². The maximum atomic E-state index is 13.5. The fourth-order valence-corrected chi connectivity index (χ4v) is 5.94. The van der Waals surface area contributed by atoms with E-state index in [0.29, 0.717) is 24.6 Å². The van der Waals surface area contributed by atoms with E-state index in [9.17, 15) is 17.6 Å². The normalized spacial score (nSPS) is 11.7. The van der Waals surface area contributed by atoms with Crippen molar-refractivity contribution in [2.75, 3.05) is 26.8 Å². The number of hydrogen-bond acceptors (Lipinski definition) is 5. The maximum Gasteiger partial charge on any atom is 0.243 e. The van der Waals surface area contributed by atoms with Crippen molar-refractivity contribution in [3.63, 3.8) is 0 Å². The molecule has 0 bridgehead atoms. The molecule has 10 heteroatoms. The molecule has 0 fully saturated rings. The van der Waals surface area contributed by atoms with Crippen molar-refractivity contribution in [1.29, 1.82) is 0 Å². The van der Waals surface area contributed by atoms with E-state index in [1.54, 1.807) is 28.4 Å². The van der Waals surface area contributed by atoms with Crippen LogP contribution in [0.25, 0.3) is 0 Å². The van der Waals surface area contributed by atoms with Gasteiger partial charge in [0.15, 0.2) is 0 Å². The van der Waals surface area contributed by atoms with Crippen molar-refractivity contribution >= 4 is 38.9 Å². The smallest absolute Gasteiger partial charge is 0.243 e. The third-order valence-electron chi connectivity index (χ3n) is 5.30. The summed E-state index contributed by atoms with van der Waals surface area (Å²) in [5, 5.41) is 0.419. The fourth-order valence-electron chi connectivity index (χ4n) is 3.48. The number of methoxy groups -OCH3 is 1. The molecule has 0 spiro atoms. The molecule has 0 aliphatic heterocycles. The molecule has 2 aromatic carbocycles. The van der Waals surface area contributed by atoms with Crippen LogP contribution in [0.5, 0.6) is 0 Å². The van der Waals surface area contributed by atoms with E-state index < -0.39 is 10.0 Å². The minimum Gasteiger partial charge on any atom is -0.385 e. The molecule has 1 amide bonds. The molecular formula is C25H28ClFN2O4S2. The molecule has 1 heterocycles. The lowest BCUT2D eigenvalue weighted by Gasteiger charge is -2.27. The van der Waals surface area contributed by atoms with Crippen LogP contribution in [-0.4, -0.2) is 50.3 Å². The lowest BCUT2D eigenvalue weighted by molar-refractivity contribution is -0.132. The van der Waals surface area contributed by atoms with Gasteiger partial charge in [0.05, 0.1) is 18.0 Å². The van der Waals surface area contributed by atoms with Crippen LogP contribution in [0.2, 0.25) is 5.02 Å². The monoisotopic (exact) mass is 538 g/mol. The van der Waals surface area contributed by atoms with Gasteiger partial charge >= 0.3 is 0 Å². The summed E-state index contributed by atoms with van der Waals surface area (Å²) in [5.74, 6) is -0.714. The summed E-state index contributed by atoms with van der Waals surface area (Å²) in [6, 6.07) is 15.7. The number of halogens is 2. The van der Waals surface area contributed by atoms with E-state index in [4.69, 9.17) is 16.3 Å². The van der Waals surface area contributed by atoms with Crippen molar-refractivity contribution in [1.82, 2.24) is 9.21 Å². The third-order valence-corrected chi connectivity index (χ3v) is 8.40. The van der Waals surface area contributed by atoms with Gasteiger partial charge in [0.1, 0.15) is 5.82 Å². The lowest BCUT2D eigenvalue weighted by Crippen LogP contribution is -2.43. The summed E-state index contributed by atoms with van der Waals surface area (Å²) in [7, 11) is -2.41. The van der Waals surface area contributed by atoms with Crippen molar-refractivity contribution < 1.29 is 22.3 Å². The predicted octanol–water partition coefficient (Wildman–Crippen LogP) is 5.11. The summed E-state index contributed by atoms with van der Waals surface area (Å²) >= 11 is 7.50. The van der Waals surface area contributed by atoms with Gasteiger partial charge in [-0.3, -0.25) is 4.79 Å². The zero-order chi connectivity index (χ0) is 25.4. The molecule has 3 aromatic rings. The van der Waals surface area contributed by atoms with Gasteiger partial charge in [-0.25, -0.2) is 12.8 Å². The van der Waals surface area contributed by atoms with Crippen LogP contribution in [-0.2, 0) is 32.6 Å². The van der Waals surface area contributed by atoms with Crippen molar-refractivity contribution in [2.45, 2.75) is 31.3 Å². The van der Waals surface area contributed by atoms with E-state index in [1.807, 2.05) is 19.1 Å². The van der Waals surface area contributed by atoms with Gasteiger partial charge in [-0.05, 0) is 67.4 Å². The van der Waals surface area contributed by atoms with E-state index in [0.717, 1.165) is 15.3 Å². The number of carbonyl (C=O) groups is 1. The molecule has 188 valence electrons. The number of hydrogen-bond donors (Lipinski definition) is 0. The van der Waals surface area contributed by atoms with Crippen LogP contribution < -0.4 is 0 Å². The van der Waals surface area contributed by atoms with Crippen LogP contribution >= 0.6 is 22.9 Å². The van der Waals surface area contributed by atoms with Crippen molar-refractivity contribution in [3.05, 3.63) is 86.8 Å². The SMILES string of the molecule is COCCCN(CC(=O)N(Cc1ccc(F)cc1)Cc1ccc(C)s1)S(=O)(=O)c1ccc(Cl)cc1. The molecular weight excluding hydrogens is 511 g/mol. The Kier molecular flexibility index (Phi) is 9.82. The number of aryl methyl sites for hydroxylation is 1. The molecule has 0 unspecified atom stereocenters. The first-order chi connectivity index (χ1) is 16.7. The number of rotatable bonds is 12. The van der Waals surface area contributed by atoms with Crippen molar-refractivity contribution in [2.24, 2.45) is 0 Å². The fraction of sp³-hybridized carbons (Fsp3) is 0.320. The number of amides is 1. The van der Waals surface area contributed by atoms with E-state index in [2.05, 4.69) is 0 Å². The zero-order valence-electron chi connectivity index (χ0n) is 19.6. The maximum absolute atomic E-state index is 13.5. The number of ether oxygens (including phenoxy) is 1. The molecule has 0 aliphatic rings. The predicted molar refractivity (Wildman–Crippen MR) is 136 cm³/mol. The molecule has 35 heavy (non-hydrogen) atoms. The molecule has 3 rings (SSSR count). The Morgan fingerprint density at radius 3 is 2.31 bits per heavy atom. The molecule has 0 aliphatic carbocycles. The number of carbonyl (C=O) groups excluding carboxylic acids is 1. The summed E-state index contributed by atoms with van der Waals surface area (Å²) in [6.45, 7) is 2.67. The van der Waals surface area contributed by atoms with Gasteiger partial charge in [-0.2, -0.15) is 4.31 Å². The minimum absolute atomic E-state index is 0.0612. The zero-order valence-corrected chi connectivity index (χ0v) is 22.0. The largest absolute Gasteiger partial charge is 0.385 e. The highest BCUT2D eigenvalue weighted by atomic mass is 35.5. The molecule has 0 radical (unpaired) electrons. The Bertz CT molecular complexity index is 1220. The molecule has 6 nitrogen and oxygen atoms in total. The number of benzene rings is 2. The third kappa shape index (κ3) is 7.85. The summed E-state index contributed by atoms with van der Waals surface area (Å²) in [4.78, 5) is 17.2. The van der Waals surface area contributed by atoms with E-state index in [-0.39, 0.29) is 36.3 Å². The van der Waals surface area contributed by atoms with Crippen LogP contribution in [0.4, 0.5) is 4.39 Å². The van der Waals surface area contributed by atoms with Crippen molar-refractivity contribution in [3.8, 4) is 0 Å². The first kappa shape index (κ1) is 27.3. The molecule has 0 saturated heterocycles. The van der Waals surface area contributed by atoms with E-state index in [1.165, 1.54) is 47.8 Å². The second kappa shape index (κ2) is 12.6. The first-order valence-electron chi connectivity index (χ1n) is 11.0. The molecule has 0 N–H and O–H groups in total. The number of nitrogens with zero attached hydrogens (tertiary/aromatic N) is 2. The Morgan fingerprint density at radius 2 is 1.71 bits per heavy atom. The number of thiophene rings is 1. The van der Waals surface area contributed by atoms with Gasteiger partial charge in [-0.1, -0.05) is 23.7 Å². The topological polar surface area (TPSA) is 66.9 Å². The Balaban J connectivity index is 1.86. The van der Waals surface area contributed by atoms with Crippen LogP contribution in [0.1, 0.15) is 21.7 Å². The average Bonchev–Trinajstić information content (AvgIpc) is 3.24. The van der Waals surface area contributed by atoms with Gasteiger partial charge in [0, 0.05) is 41.6 Å². The van der Waals surface area contributed by atoms with E-state index >= 15 is 0 Å². The lowest BCUT2D eigenvalue weighted by atomic mass is 10.2. The van der Waals surface area contributed by atoms with Gasteiger partial charge in [0.2, 0.25) is 15.9 Å². The second-order valence-electron chi connectivity index (χ2n) is 8.03. The van der Waals surface area contributed by atoms with Crippen LogP contribution in [0.15, 0.2) is 65.6 Å². The summed E-state index contributed by atoms with van der Waals surface area (Å²) in [6.07, 6.45) is 0.429. The number of sulfonamides is 1. The first-order valence-corrected chi connectivity index (χ1v) is 13.6. The summed E-state index contributed by atoms with van der Waals surface area (Å²) in [5.41, 5.74) is 0.750. The Labute approximate surface area is 214 Å². The highest BCUT2D eigenvalue weighted by Crippen LogP contribution is 2.22. The molecule has 0 atom stereocenters. The standard InChI is InChI=1S/C25H28ClFN2O4S2/c1-19-4-11-23(34-19)17-28(16-20-5-9-22(27)10-6-20)25(30)18-29(14-3-15-33-2)35(31,32)24-12-7-21(26)8-13-24/h4-13H,3,14-18H2,1-2H3. The van der Waals surface area contributed by atoms with Gasteiger partial charge < -0.3 is 9.64 Å². The molecule has 1 aromatic heterocycles. The minimum atomic E-state index is -3.95. The Hall–Kier alpha value is -2.30. The second-order valence-corrected chi connectivity index (χ2v) is 11.8. The van der Waals surface area contributed by atoms with Crippen LogP contribution in [0.3, 0.4) is 0 Å². The molecule has 0 saturated carbocycles. The van der Waals surface area contributed by atoms with Gasteiger partial charge in [0.25, 0.3) is 0 Å². The highest BCUT2D eigenvalue weighted by molar-refractivity contribution is 7.89.